The summed E-state index contributed by atoms with van der Waals surface area (Å²) in [6.45, 7) is 8.21. The smallest absolute Gasteiger partial charge is 0.106 e. The van der Waals surface area contributed by atoms with E-state index in [0.29, 0.717) is 12.8 Å². The minimum atomic E-state index is -1.22. The highest BCUT2D eigenvalue weighted by Gasteiger charge is 2.86. The number of aliphatic hydroxyl groups excluding tert-OH is 2. The van der Waals surface area contributed by atoms with Crippen molar-refractivity contribution < 1.29 is 24.8 Å². The minimum absolute atomic E-state index is 0.0218. The van der Waals surface area contributed by atoms with Crippen LogP contribution in [0, 0.1) is 28.6 Å². The molecule has 2 bridgehead atoms. The van der Waals surface area contributed by atoms with Crippen molar-refractivity contribution in [2.75, 3.05) is 0 Å². The van der Waals surface area contributed by atoms with E-state index >= 15 is 0 Å². The van der Waals surface area contributed by atoms with Gasteiger partial charge in [-0.2, -0.15) is 0 Å². The molecule has 2 heterocycles. The predicted octanol–water partition coefficient (Wildman–Crippen LogP) is 1.01. The van der Waals surface area contributed by atoms with Crippen molar-refractivity contribution in [1.82, 2.24) is 0 Å². The Morgan fingerprint density at radius 3 is 2.64 bits per heavy atom. The van der Waals surface area contributed by atoms with Crippen molar-refractivity contribution in [3.63, 3.8) is 0 Å². The largest absolute Gasteiger partial charge is 0.392 e. The summed E-state index contributed by atoms with van der Waals surface area (Å²) < 4.78 is 12.7. The molecule has 5 nitrogen and oxygen atoms in total. The van der Waals surface area contributed by atoms with E-state index in [1.165, 1.54) is 5.57 Å². The molecule has 25 heavy (non-hydrogen) atoms. The third-order valence-electron chi connectivity index (χ3n) is 9.34. The minimum Gasteiger partial charge on any atom is -0.392 e. The highest BCUT2D eigenvalue weighted by Crippen LogP contribution is 2.77. The summed E-state index contributed by atoms with van der Waals surface area (Å²) >= 11 is 0. The molecule has 6 rings (SSSR count). The highest BCUT2D eigenvalue weighted by atomic mass is 16.6. The number of epoxide rings is 1. The van der Waals surface area contributed by atoms with Gasteiger partial charge in [-0.05, 0) is 32.6 Å². The molecule has 6 aliphatic rings. The van der Waals surface area contributed by atoms with Gasteiger partial charge >= 0.3 is 0 Å². The molecule has 5 fully saturated rings. The second kappa shape index (κ2) is 3.88. The molecule has 11 atom stereocenters. The van der Waals surface area contributed by atoms with E-state index in [4.69, 9.17) is 9.47 Å². The van der Waals surface area contributed by atoms with E-state index in [1.807, 2.05) is 13.8 Å². The van der Waals surface area contributed by atoms with Crippen LogP contribution in [0.4, 0.5) is 0 Å². The first-order chi connectivity index (χ1) is 11.6. The van der Waals surface area contributed by atoms with Gasteiger partial charge in [-0.1, -0.05) is 25.5 Å². The summed E-state index contributed by atoms with van der Waals surface area (Å²) in [6.07, 6.45) is 1.95. The standard InChI is InChI=1S/C20H28O5/c1-8-5-12-19-7-11(22)20(23)15(14-16(24-14)17(20,2)3)18(4,25-12)10(19)6-9(21)13(8)19/h5,9-16,21-23H,6-7H2,1-4H3/t9-,10-,11+,12-,13-,14-,15-,16-,18-,19-,20+/m0/s1. The first kappa shape index (κ1) is 15.6. The van der Waals surface area contributed by atoms with Crippen molar-refractivity contribution in [2.45, 2.75) is 82.3 Å². The fraction of sp³-hybridized carbons (Fsp3) is 0.900. The SMILES string of the molecule is CC1=C[C@@H]2O[C@@]3(C)[C@@H]4C[C@H](O)[C@H]1[C@]24C[C@@H](O)[C@@]1(O)[C@H]3[C@@H]2O[C@@H]2C1(C)C. The molecule has 138 valence electrons. The molecular weight excluding hydrogens is 320 g/mol. The van der Waals surface area contributed by atoms with E-state index < -0.39 is 28.8 Å². The lowest BCUT2D eigenvalue weighted by atomic mass is 9.64. The average molecular weight is 348 g/mol. The molecule has 0 aromatic heterocycles. The highest BCUT2D eigenvalue weighted by molar-refractivity contribution is 5.39. The van der Waals surface area contributed by atoms with Crippen molar-refractivity contribution in [1.29, 1.82) is 0 Å². The van der Waals surface area contributed by atoms with Gasteiger partial charge in [0.25, 0.3) is 0 Å². The Kier molecular flexibility index (Phi) is 2.42. The summed E-state index contributed by atoms with van der Waals surface area (Å²) in [4.78, 5) is 0. The lowest BCUT2D eigenvalue weighted by molar-refractivity contribution is -0.239. The van der Waals surface area contributed by atoms with Crippen LogP contribution in [-0.4, -0.2) is 57.0 Å². The van der Waals surface area contributed by atoms with Gasteiger partial charge in [-0.3, -0.25) is 0 Å². The van der Waals surface area contributed by atoms with Crippen LogP contribution in [0.1, 0.15) is 40.5 Å². The molecule has 2 aliphatic heterocycles. The molecule has 0 unspecified atom stereocenters. The Hall–Kier alpha value is -0.460. The Morgan fingerprint density at radius 1 is 1.20 bits per heavy atom. The molecule has 0 aromatic rings. The second-order valence-corrected chi connectivity index (χ2v) is 10.3. The zero-order valence-corrected chi connectivity index (χ0v) is 15.3. The monoisotopic (exact) mass is 348 g/mol. The Bertz CT molecular complexity index is 717. The van der Waals surface area contributed by atoms with Crippen molar-refractivity contribution in [2.24, 2.45) is 28.6 Å². The maximum absolute atomic E-state index is 11.9. The fourth-order valence-corrected chi connectivity index (χ4v) is 8.44. The third kappa shape index (κ3) is 1.28. The zero-order valence-electron chi connectivity index (χ0n) is 15.3. The van der Waals surface area contributed by atoms with Crippen LogP contribution in [0.15, 0.2) is 11.6 Å². The number of aliphatic hydroxyl groups is 3. The van der Waals surface area contributed by atoms with Crippen LogP contribution in [0.5, 0.6) is 0 Å². The molecule has 0 aromatic carbocycles. The predicted molar refractivity (Wildman–Crippen MR) is 88.6 cm³/mol. The molecule has 2 saturated heterocycles. The summed E-state index contributed by atoms with van der Waals surface area (Å²) in [7, 11) is 0. The van der Waals surface area contributed by atoms with Crippen LogP contribution in [0.25, 0.3) is 0 Å². The van der Waals surface area contributed by atoms with Gasteiger partial charge in [0.2, 0.25) is 0 Å². The summed E-state index contributed by atoms with van der Waals surface area (Å²) in [6, 6.07) is 0. The first-order valence-electron chi connectivity index (χ1n) is 9.70. The van der Waals surface area contributed by atoms with Gasteiger partial charge in [-0.25, -0.2) is 0 Å². The van der Waals surface area contributed by atoms with Crippen LogP contribution in [-0.2, 0) is 9.47 Å². The van der Waals surface area contributed by atoms with Crippen LogP contribution < -0.4 is 0 Å². The summed E-state index contributed by atoms with van der Waals surface area (Å²) in [5.74, 6) is -0.101. The molecule has 0 radical (unpaired) electrons. The van der Waals surface area contributed by atoms with E-state index in [0.717, 1.165) is 0 Å². The normalized spacial score (nSPS) is 68.2. The van der Waals surface area contributed by atoms with E-state index in [-0.39, 0.29) is 41.5 Å². The van der Waals surface area contributed by atoms with Gasteiger partial charge in [0, 0.05) is 22.7 Å². The maximum atomic E-state index is 11.9. The molecule has 4 aliphatic carbocycles. The third-order valence-corrected chi connectivity index (χ3v) is 9.34. The van der Waals surface area contributed by atoms with Crippen LogP contribution in [0.3, 0.4) is 0 Å². The van der Waals surface area contributed by atoms with Gasteiger partial charge in [0.15, 0.2) is 0 Å². The van der Waals surface area contributed by atoms with Gasteiger partial charge in [0.05, 0.1) is 36.1 Å². The van der Waals surface area contributed by atoms with E-state index in [2.05, 4.69) is 19.9 Å². The maximum Gasteiger partial charge on any atom is 0.106 e. The Balaban J connectivity index is 1.60. The Morgan fingerprint density at radius 2 is 1.92 bits per heavy atom. The molecule has 3 saturated carbocycles. The van der Waals surface area contributed by atoms with Crippen molar-refractivity contribution in [3.8, 4) is 0 Å². The second-order valence-electron chi connectivity index (χ2n) is 10.3. The molecule has 0 amide bonds. The first-order valence-corrected chi connectivity index (χ1v) is 9.70. The number of ether oxygens (including phenoxy) is 2. The van der Waals surface area contributed by atoms with Crippen molar-refractivity contribution in [3.05, 3.63) is 11.6 Å². The number of hydrogen-bond acceptors (Lipinski definition) is 5. The molecule has 5 heteroatoms. The van der Waals surface area contributed by atoms with E-state index in [9.17, 15) is 15.3 Å². The zero-order chi connectivity index (χ0) is 17.7. The Labute approximate surface area is 148 Å². The number of rotatable bonds is 0. The van der Waals surface area contributed by atoms with Crippen LogP contribution in [0.2, 0.25) is 0 Å². The number of fused-ring (bicyclic) bond motifs is 4. The van der Waals surface area contributed by atoms with Crippen LogP contribution >= 0.6 is 0 Å². The fourth-order valence-electron chi connectivity index (χ4n) is 8.44. The lowest BCUT2D eigenvalue weighted by Gasteiger charge is -2.51. The topological polar surface area (TPSA) is 82.5 Å². The average Bonchev–Trinajstić information content (AvgIpc) is 3.05. The lowest BCUT2D eigenvalue weighted by Crippen LogP contribution is -2.63. The van der Waals surface area contributed by atoms with E-state index in [1.54, 1.807) is 0 Å². The number of hydrogen-bond donors (Lipinski definition) is 3. The summed E-state index contributed by atoms with van der Waals surface area (Å²) in [5.41, 5.74) is -1.43. The van der Waals surface area contributed by atoms with Crippen molar-refractivity contribution >= 4 is 0 Å². The van der Waals surface area contributed by atoms with Gasteiger partial charge in [0.1, 0.15) is 5.60 Å². The van der Waals surface area contributed by atoms with Gasteiger partial charge < -0.3 is 24.8 Å². The van der Waals surface area contributed by atoms with Gasteiger partial charge in [-0.15, -0.1) is 0 Å². The summed E-state index contributed by atoms with van der Waals surface area (Å²) in [5, 5.41) is 34.0. The molecule has 1 spiro atoms. The molecular formula is C20H28O5. The molecule has 3 N–H and O–H groups in total. The quantitative estimate of drug-likeness (QED) is 0.449.